The van der Waals surface area contributed by atoms with Gasteiger partial charge in [-0.1, -0.05) is 34.3 Å². The van der Waals surface area contributed by atoms with E-state index < -0.39 is 8.32 Å². The fraction of sp³-hybridized carbons (Fsp3) is 0.595. The topological polar surface area (TPSA) is 130 Å². The van der Waals surface area contributed by atoms with Crippen LogP contribution < -0.4 is 9.47 Å². The fourth-order valence-corrected chi connectivity index (χ4v) is 7.99. The Morgan fingerprint density at radius 3 is 2.67 bits per heavy atom. The highest BCUT2D eigenvalue weighted by Gasteiger charge is 2.37. The summed E-state index contributed by atoms with van der Waals surface area (Å²) < 4.78 is 31.6. The molecule has 1 fully saturated rings. The molecule has 4 aromatic heterocycles. The normalized spacial score (nSPS) is 16.0. The largest absolute Gasteiger partial charge is 0.473 e. The lowest BCUT2D eigenvalue weighted by Gasteiger charge is -2.36. The third-order valence-electron chi connectivity index (χ3n) is 10.1. The van der Waals surface area contributed by atoms with E-state index in [1.54, 1.807) is 10.8 Å². The molecular formula is C37H54IN9O4Si. The number of fused-ring (bicyclic) bond motifs is 1. The van der Waals surface area contributed by atoms with Crippen LogP contribution in [0.2, 0.25) is 18.1 Å². The van der Waals surface area contributed by atoms with Gasteiger partial charge in [0.05, 0.1) is 56.8 Å². The summed E-state index contributed by atoms with van der Waals surface area (Å²) in [5, 5.41) is 24.6. The van der Waals surface area contributed by atoms with Crippen LogP contribution in [-0.4, -0.2) is 86.6 Å². The van der Waals surface area contributed by atoms with Gasteiger partial charge in [0.1, 0.15) is 12.2 Å². The number of nitrogens with zero attached hydrogens (tertiary/aromatic N) is 9. The monoisotopic (exact) mass is 843 g/mol. The van der Waals surface area contributed by atoms with Gasteiger partial charge < -0.3 is 18.6 Å². The van der Waals surface area contributed by atoms with Crippen molar-refractivity contribution < 1.29 is 18.6 Å². The number of pyridine rings is 1. The molecule has 0 saturated carbocycles. The summed E-state index contributed by atoms with van der Waals surface area (Å²) in [5.74, 6) is 1.13. The number of hydrogen-bond donors (Lipinski definition) is 0. The molecule has 13 nitrogen and oxygen atoms in total. The standard InChI is InChI=1S/C37H54IN9O4Si/c1-11-28-27-21-29(40-22-30(27)47(42-28)32-15-13-14-18-48-32)33-26(4)41-44(8)36(33)51-25(3)23-45(12-2)24-31-34(38)35(49-19-16-39)43-46(31)17-20-50-52(9,10)37(5,6)7/h11,21-22,25,32H,1,12-15,17-20,23-24H2,2-10H3/t25-,32?/m0/s1. The van der Waals surface area contributed by atoms with E-state index in [2.05, 4.69) is 93.9 Å². The van der Waals surface area contributed by atoms with Gasteiger partial charge >= 0.3 is 0 Å². The number of halogens is 1. The van der Waals surface area contributed by atoms with Gasteiger partial charge in [-0.2, -0.15) is 15.5 Å². The first-order valence-electron chi connectivity index (χ1n) is 18.1. The second-order valence-electron chi connectivity index (χ2n) is 14.9. The molecule has 4 aromatic rings. The molecule has 1 aliphatic heterocycles. The lowest BCUT2D eigenvalue weighted by atomic mass is 10.1. The molecular weight excluding hydrogens is 789 g/mol. The van der Waals surface area contributed by atoms with Crippen molar-refractivity contribution in [1.82, 2.24) is 39.2 Å². The van der Waals surface area contributed by atoms with Gasteiger partial charge in [0.2, 0.25) is 11.8 Å². The molecule has 0 spiro atoms. The minimum atomic E-state index is -1.93. The molecule has 1 unspecified atom stereocenters. The molecule has 5 heterocycles. The first-order chi connectivity index (χ1) is 24.7. The Balaban J connectivity index is 1.35. The number of rotatable bonds is 16. The zero-order chi connectivity index (χ0) is 37.8. The van der Waals surface area contributed by atoms with Gasteiger partial charge in [-0.3, -0.25) is 14.6 Å². The van der Waals surface area contributed by atoms with Crippen LogP contribution >= 0.6 is 22.6 Å². The summed E-state index contributed by atoms with van der Waals surface area (Å²) >= 11 is 2.28. The molecule has 2 atom stereocenters. The second kappa shape index (κ2) is 16.8. The van der Waals surface area contributed by atoms with Gasteiger partial charge in [0, 0.05) is 32.1 Å². The van der Waals surface area contributed by atoms with E-state index in [4.69, 9.17) is 44.2 Å². The Hall–Kier alpha value is -3.30. The van der Waals surface area contributed by atoms with Crippen molar-refractivity contribution in [1.29, 1.82) is 5.26 Å². The number of ether oxygens (including phenoxy) is 3. The summed E-state index contributed by atoms with van der Waals surface area (Å²) in [6.07, 6.45) is 6.47. The van der Waals surface area contributed by atoms with E-state index in [1.165, 1.54) is 0 Å². The lowest BCUT2D eigenvalue weighted by Crippen LogP contribution is -2.41. The average Bonchev–Trinajstić information content (AvgIpc) is 3.72. The smallest absolute Gasteiger partial charge is 0.247 e. The average molecular weight is 844 g/mol. The van der Waals surface area contributed by atoms with Crippen molar-refractivity contribution in [3.8, 4) is 29.1 Å². The van der Waals surface area contributed by atoms with Crippen LogP contribution in [-0.2, 0) is 29.3 Å². The minimum Gasteiger partial charge on any atom is -0.473 e. The number of likely N-dealkylation sites (N-methyl/N-ethyl adjacent to an activating group) is 1. The van der Waals surface area contributed by atoms with Crippen LogP contribution in [0, 0.1) is 21.8 Å². The van der Waals surface area contributed by atoms with E-state index in [0.717, 1.165) is 75.2 Å². The maximum absolute atomic E-state index is 9.17. The molecule has 0 aliphatic carbocycles. The maximum atomic E-state index is 9.17. The first kappa shape index (κ1) is 39.9. The number of nitriles is 1. The van der Waals surface area contributed by atoms with Crippen LogP contribution in [0.1, 0.15) is 77.2 Å². The minimum absolute atomic E-state index is 0.0598. The lowest BCUT2D eigenvalue weighted by molar-refractivity contribution is -0.0367. The zero-order valence-corrected chi connectivity index (χ0v) is 35.4. The van der Waals surface area contributed by atoms with Crippen molar-refractivity contribution >= 4 is 47.9 Å². The van der Waals surface area contributed by atoms with Crippen LogP contribution in [0.5, 0.6) is 11.8 Å². The zero-order valence-electron chi connectivity index (χ0n) is 32.2. The summed E-state index contributed by atoms with van der Waals surface area (Å²) in [5.41, 5.74) is 5.18. The number of aryl methyl sites for hydroxylation is 2. The summed E-state index contributed by atoms with van der Waals surface area (Å²) in [6, 6.07) is 4.12. The van der Waals surface area contributed by atoms with Crippen LogP contribution in [0.25, 0.3) is 28.2 Å². The van der Waals surface area contributed by atoms with E-state index in [0.29, 0.717) is 38.0 Å². The van der Waals surface area contributed by atoms with E-state index in [1.807, 2.05) is 29.5 Å². The molecule has 15 heteroatoms. The van der Waals surface area contributed by atoms with E-state index >= 15 is 0 Å². The number of hydrogen-bond acceptors (Lipinski definition) is 10. The van der Waals surface area contributed by atoms with Gasteiger partial charge in [-0.05, 0) is 92.5 Å². The Bertz CT molecular complexity index is 1900. The molecule has 52 heavy (non-hydrogen) atoms. The third-order valence-corrected chi connectivity index (χ3v) is 15.7. The van der Waals surface area contributed by atoms with Gasteiger partial charge in [-0.15, -0.1) is 5.10 Å². The highest BCUT2D eigenvalue weighted by molar-refractivity contribution is 14.1. The number of aromatic nitrogens is 7. The predicted molar refractivity (Wildman–Crippen MR) is 214 cm³/mol. The predicted octanol–water partition coefficient (Wildman–Crippen LogP) is 7.50. The van der Waals surface area contributed by atoms with Gasteiger partial charge in [0.25, 0.3) is 0 Å². The van der Waals surface area contributed by atoms with Crippen LogP contribution in [0.4, 0.5) is 0 Å². The summed E-state index contributed by atoms with van der Waals surface area (Å²) in [7, 11) is -0.0278. The Kier molecular flexibility index (Phi) is 12.9. The summed E-state index contributed by atoms with van der Waals surface area (Å²) in [6.45, 7) is 25.3. The highest BCUT2D eigenvalue weighted by atomic mass is 127. The van der Waals surface area contributed by atoms with Crippen LogP contribution in [0.3, 0.4) is 0 Å². The van der Waals surface area contributed by atoms with Crippen molar-refractivity contribution in [2.75, 3.05) is 32.9 Å². The van der Waals surface area contributed by atoms with Crippen molar-refractivity contribution in [3.05, 3.63) is 39.5 Å². The summed E-state index contributed by atoms with van der Waals surface area (Å²) in [4.78, 5) is 7.23. The molecule has 0 amide bonds. The SMILES string of the molecule is C=Cc1nn(C2CCCCO2)c2cnc(-c3c(C)nn(C)c3O[C@@H](C)CN(CC)Cc3c(I)c(OCC#N)nn3CCO[Si](C)(C)C(C)(C)C)cc12. The van der Waals surface area contributed by atoms with Crippen molar-refractivity contribution in [2.24, 2.45) is 7.05 Å². The quantitative estimate of drug-likeness (QED) is 0.0826. The maximum Gasteiger partial charge on any atom is 0.247 e. The molecule has 0 bridgehead atoms. The highest BCUT2D eigenvalue weighted by Crippen LogP contribution is 2.38. The Labute approximate surface area is 322 Å². The molecule has 0 radical (unpaired) electrons. The van der Waals surface area contributed by atoms with Gasteiger partial charge in [0.15, 0.2) is 21.2 Å². The molecule has 5 rings (SSSR count). The fourth-order valence-electron chi connectivity index (χ4n) is 6.24. The molecule has 282 valence electrons. The molecule has 1 saturated heterocycles. The second-order valence-corrected chi connectivity index (χ2v) is 20.8. The molecule has 0 N–H and O–H groups in total. The van der Waals surface area contributed by atoms with E-state index in [9.17, 15) is 0 Å². The Morgan fingerprint density at radius 1 is 1.25 bits per heavy atom. The van der Waals surface area contributed by atoms with Crippen molar-refractivity contribution in [2.45, 2.75) is 104 Å². The third kappa shape index (κ3) is 8.73. The molecule has 1 aliphatic rings. The Morgan fingerprint density at radius 2 is 2.02 bits per heavy atom. The van der Waals surface area contributed by atoms with Crippen LogP contribution in [0.15, 0.2) is 18.8 Å². The van der Waals surface area contributed by atoms with Crippen molar-refractivity contribution in [3.63, 3.8) is 0 Å². The molecule has 0 aromatic carbocycles. The van der Waals surface area contributed by atoms with E-state index in [-0.39, 0.29) is 24.0 Å². The first-order valence-corrected chi connectivity index (χ1v) is 22.1. The van der Waals surface area contributed by atoms with Gasteiger partial charge in [-0.25, -0.2) is 9.36 Å².